The van der Waals surface area contributed by atoms with E-state index in [9.17, 15) is 4.79 Å². The van der Waals surface area contributed by atoms with E-state index in [1.807, 2.05) is 24.3 Å². The van der Waals surface area contributed by atoms with Gasteiger partial charge in [-0.05, 0) is 30.5 Å². The number of esters is 1. The number of carbonyl (C=O) groups is 1. The van der Waals surface area contributed by atoms with E-state index in [-0.39, 0.29) is 11.4 Å². The molecule has 3 heteroatoms. The molecule has 1 aliphatic carbocycles. The van der Waals surface area contributed by atoms with Gasteiger partial charge in [-0.3, -0.25) is 4.79 Å². The van der Waals surface area contributed by atoms with Crippen molar-refractivity contribution in [1.82, 2.24) is 0 Å². The molecule has 15 heavy (non-hydrogen) atoms. The summed E-state index contributed by atoms with van der Waals surface area (Å²) in [5, 5.41) is 0.738. The summed E-state index contributed by atoms with van der Waals surface area (Å²) in [6.45, 7) is 1.91. The van der Waals surface area contributed by atoms with Crippen molar-refractivity contribution in [2.45, 2.75) is 25.2 Å². The molecule has 0 radical (unpaired) electrons. The molecule has 0 atom stereocenters. The van der Waals surface area contributed by atoms with Crippen molar-refractivity contribution in [3.8, 4) is 0 Å². The second-order valence-corrected chi connectivity index (χ2v) is 4.51. The van der Waals surface area contributed by atoms with Crippen LogP contribution in [-0.2, 0) is 14.9 Å². The number of halogens is 1. The van der Waals surface area contributed by atoms with E-state index in [1.54, 1.807) is 0 Å². The molecule has 0 spiro atoms. The first-order valence-corrected chi connectivity index (χ1v) is 5.40. The van der Waals surface area contributed by atoms with E-state index < -0.39 is 0 Å². The highest BCUT2D eigenvalue weighted by atomic mass is 35.5. The quantitative estimate of drug-likeness (QED) is 0.738. The number of hydrogen-bond donors (Lipinski definition) is 0. The van der Waals surface area contributed by atoms with Gasteiger partial charge in [-0.15, -0.1) is 0 Å². The number of benzene rings is 1. The van der Waals surface area contributed by atoms with Crippen molar-refractivity contribution in [3.05, 3.63) is 34.9 Å². The van der Waals surface area contributed by atoms with Crippen LogP contribution in [0.1, 0.15) is 25.3 Å². The second-order valence-electron chi connectivity index (χ2n) is 4.07. The van der Waals surface area contributed by atoms with E-state index in [0.29, 0.717) is 6.61 Å². The van der Waals surface area contributed by atoms with Gasteiger partial charge < -0.3 is 4.74 Å². The molecular weight excluding hydrogens is 212 g/mol. The SMILES string of the molecule is CC(=O)OCC1(c2cccc(Cl)c2)CC1. The normalized spacial score (nSPS) is 17.2. The lowest BCUT2D eigenvalue weighted by Crippen LogP contribution is -2.17. The highest BCUT2D eigenvalue weighted by Crippen LogP contribution is 2.48. The Morgan fingerprint density at radius 2 is 2.27 bits per heavy atom. The fraction of sp³-hybridized carbons (Fsp3) is 0.417. The molecule has 0 N–H and O–H groups in total. The molecule has 0 aromatic heterocycles. The zero-order chi connectivity index (χ0) is 10.9. The molecule has 1 aromatic rings. The van der Waals surface area contributed by atoms with Crippen molar-refractivity contribution < 1.29 is 9.53 Å². The third-order valence-electron chi connectivity index (χ3n) is 2.84. The summed E-state index contributed by atoms with van der Waals surface area (Å²) in [6.07, 6.45) is 2.14. The minimum atomic E-state index is -0.219. The van der Waals surface area contributed by atoms with Crippen LogP contribution in [0.4, 0.5) is 0 Å². The Bertz CT molecular complexity index is 383. The zero-order valence-electron chi connectivity index (χ0n) is 8.63. The standard InChI is InChI=1S/C12H13ClO2/c1-9(14)15-8-12(5-6-12)10-3-2-4-11(13)7-10/h2-4,7H,5-6,8H2,1H3. The Hall–Kier alpha value is -1.02. The van der Waals surface area contributed by atoms with Crippen LogP contribution in [0.3, 0.4) is 0 Å². The van der Waals surface area contributed by atoms with Crippen LogP contribution in [-0.4, -0.2) is 12.6 Å². The maximum Gasteiger partial charge on any atom is 0.302 e. The molecule has 0 unspecified atom stereocenters. The summed E-state index contributed by atoms with van der Waals surface area (Å²) in [7, 11) is 0. The Morgan fingerprint density at radius 3 is 2.80 bits per heavy atom. The van der Waals surface area contributed by atoms with E-state index in [4.69, 9.17) is 16.3 Å². The summed E-state index contributed by atoms with van der Waals surface area (Å²) in [5.41, 5.74) is 1.22. The lowest BCUT2D eigenvalue weighted by molar-refractivity contribution is -0.141. The van der Waals surface area contributed by atoms with Crippen molar-refractivity contribution in [1.29, 1.82) is 0 Å². The van der Waals surface area contributed by atoms with Crippen molar-refractivity contribution >= 4 is 17.6 Å². The summed E-state index contributed by atoms with van der Waals surface area (Å²) < 4.78 is 5.08. The first-order chi connectivity index (χ1) is 7.12. The van der Waals surface area contributed by atoms with Crippen LogP contribution in [0.25, 0.3) is 0 Å². The van der Waals surface area contributed by atoms with Crippen molar-refractivity contribution in [2.75, 3.05) is 6.61 Å². The summed E-state index contributed by atoms with van der Waals surface area (Å²) in [4.78, 5) is 10.8. The van der Waals surface area contributed by atoms with Gasteiger partial charge in [-0.25, -0.2) is 0 Å². The maximum absolute atomic E-state index is 10.8. The van der Waals surface area contributed by atoms with Gasteiger partial charge in [0.2, 0.25) is 0 Å². The van der Waals surface area contributed by atoms with Gasteiger partial charge in [0.15, 0.2) is 0 Å². The molecule has 1 aromatic carbocycles. The minimum absolute atomic E-state index is 0.0383. The second kappa shape index (κ2) is 3.86. The predicted molar refractivity (Wildman–Crippen MR) is 59.0 cm³/mol. The predicted octanol–water partition coefficient (Wildman–Crippen LogP) is 2.93. The monoisotopic (exact) mass is 224 g/mol. The zero-order valence-corrected chi connectivity index (χ0v) is 9.38. The van der Waals surface area contributed by atoms with Crippen LogP contribution >= 0.6 is 11.6 Å². The molecule has 0 bridgehead atoms. The molecule has 1 saturated carbocycles. The Labute approximate surface area is 94.2 Å². The third-order valence-corrected chi connectivity index (χ3v) is 3.08. The van der Waals surface area contributed by atoms with Crippen LogP contribution < -0.4 is 0 Å². The average Bonchev–Trinajstić information content (AvgIpc) is 2.96. The van der Waals surface area contributed by atoms with Gasteiger partial charge in [0.05, 0.1) is 0 Å². The molecule has 2 nitrogen and oxygen atoms in total. The van der Waals surface area contributed by atoms with Crippen LogP contribution in [0.2, 0.25) is 5.02 Å². The van der Waals surface area contributed by atoms with Gasteiger partial charge >= 0.3 is 5.97 Å². The highest BCUT2D eigenvalue weighted by Gasteiger charge is 2.45. The lowest BCUT2D eigenvalue weighted by atomic mass is 9.97. The lowest BCUT2D eigenvalue weighted by Gasteiger charge is -2.15. The third kappa shape index (κ3) is 2.32. The average molecular weight is 225 g/mol. The van der Waals surface area contributed by atoms with Gasteiger partial charge in [-0.1, -0.05) is 23.7 Å². The molecule has 1 fully saturated rings. The molecule has 80 valence electrons. The molecule has 2 rings (SSSR count). The van der Waals surface area contributed by atoms with E-state index in [0.717, 1.165) is 17.9 Å². The number of hydrogen-bond acceptors (Lipinski definition) is 2. The molecule has 0 aliphatic heterocycles. The Kier molecular flexibility index (Phi) is 2.70. The fourth-order valence-electron chi connectivity index (χ4n) is 1.73. The van der Waals surface area contributed by atoms with E-state index in [1.165, 1.54) is 12.5 Å². The fourth-order valence-corrected chi connectivity index (χ4v) is 1.92. The number of carbonyl (C=O) groups excluding carboxylic acids is 1. The van der Waals surface area contributed by atoms with Gasteiger partial charge in [-0.2, -0.15) is 0 Å². The summed E-state index contributed by atoms with van der Waals surface area (Å²) in [6, 6.07) is 7.79. The molecule has 1 aliphatic rings. The topological polar surface area (TPSA) is 26.3 Å². The first kappa shape index (κ1) is 10.5. The van der Waals surface area contributed by atoms with Gasteiger partial charge in [0.1, 0.15) is 6.61 Å². The smallest absolute Gasteiger partial charge is 0.302 e. The minimum Gasteiger partial charge on any atom is -0.465 e. The van der Waals surface area contributed by atoms with Crippen molar-refractivity contribution in [3.63, 3.8) is 0 Å². The largest absolute Gasteiger partial charge is 0.465 e. The molecule has 0 saturated heterocycles. The Balaban J connectivity index is 2.12. The van der Waals surface area contributed by atoms with Gasteiger partial charge in [0, 0.05) is 17.4 Å². The highest BCUT2D eigenvalue weighted by molar-refractivity contribution is 6.30. The van der Waals surface area contributed by atoms with E-state index >= 15 is 0 Å². The summed E-state index contributed by atoms with van der Waals surface area (Å²) in [5.74, 6) is -0.219. The Morgan fingerprint density at radius 1 is 1.53 bits per heavy atom. The molecular formula is C12H13ClO2. The number of rotatable bonds is 3. The summed E-state index contributed by atoms with van der Waals surface area (Å²) >= 11 is 5.93. The van der Waals surface area contributed by atoms with E-state index in [2.05, 4.69) is 0 Å². The van der Waals surface area contributed by atoms with Crippen molar-refractivity contribution in [2.24, 2.45) is 0 Å². The molecule has 0 heterocycles. The van der Waals surface area contributed by atoms with Crippen LogP contribution in [0, 0.1) is 0 Å². The first-order valence-electron chi connectivity index (χ1n) is 5.02. The number of ether oxygens (including phenoxy) is 1. The van der Waals surface area contributed by atoms with Crippen LogP contribution in [0.5, 0.6) is 0 Å². The maximum atomic E-state index is 10.8. The van der Waals surface area contributed by atoms with Crippen LogP contribution in [0.15, 0.2) is 24.3 Å². The van der Waals surface area contributed by atoms with Gasteiger partial charge in [0.25, 0.3) is 0 Å². The molecule has 0 amide bonds.